The molecule has 0 aliphatic rings. The van der Waals surface area contributed by atoms with Crippen molar-refractivity contribution in [3.05, 3.63) is 11.6 Å². The molecule has 1 rings (SSSR count). The summed E-state index contributed by atoms with van der Waals surface area (Å²) in [6.07, 6.45) is 4.89. The first-order valence-corrected chi connectivity index (χ1v) is 7.57. The van der Waals surface area contributed by atoms with Crippen LogP contribution in [0, 0.1) is 0 Å². The summed E-state index contributed by atoms with van der Waals surface area (Å²) in [7, 11) is 0. The Balaban J connectivity index is 2.59. The molecule has 6 heteroatoms. The summed E-state index contributed by atoms with van der Waals surface area (Å²) >= 11 is 1.80. The van der Waals surface area contributed by atoms with Crippen molar-refractivity contribution < 1.29 is 4.79 Å². The third-order valence-corrected chi connectivity index (χ3v) is 4.95. The average Bonchev–Trinajstić information content (AvgIpc) is 2.89. The Hall–Kier alpha value is -1.04. The Morgan fingerprint density at radius 2 is 2.06 bits per heavy atom. The van der Waals surface area contributed by atoms with Crippen LogP contribution in [0.15, 0.2) is 0 Å². The number of hydrogen-bond acceptors (Lipinski definition) is 4. The number of aryl methyl sites for hydroxylation is 1. The van der Waals surface area contributed by atoms with E-state index < -0.39 is 0 Å². The maximum absolute atomic E-state index is 11.9. The van der Waals surface area contributed by atoms with E-state index in [0.29, 0.717) is 6.54 Å². The highest BCUT2D eigenvalue weighted by atomic mass is 32.2. The van der Waals surface area contributed by atoms with Gasteiger partial charge in [0.15, 0.2) is 0 Å². The molecule has 0 bridgehead atoms. The van der Waals surface area contributed by atoms with E-state index in [1.165, 1.54) is 0 Å². The van der Waals surface area contributed by atoms with Crippen molar-refractivity contribution in [2.75, 3.05) is 12.8 Å². The summed E-state index contributed by atoms with van der Waals surface area (Å²) in [5.74, 6) is 0.766. The van der Waals surface area contributed by atoms with Gasteiger partial charge in [-0.05, 0) is 19.1 Å². The molecule has 0 saturated carbocycles. The molecule has 18 heavy (non-hydrogen) atoms. The van der Waals surface area contributed by atoms with Crippen molar-refractivity contribution in [1.29, 1.82) is 0 Å². The topological polar surface area (TPSA) is 70.7 Å². The number of hydrogen-bond donors (Lipinski definition) is 2. The van der Waals surface area contributed by atoms with E-state index in [1.807, 2.05) is 6.92 Å². The molecule has 2 N–H and O–H groups in total. The van der Waals surface area contributed by atoms with Crippen LogP contribution < -0.4 is 5.32 Å². The Morgan fingerprint density at radius 1 is 1.39 bits per heavy atom. The van der Waals surface area contributed by atoms with Crippen LogP contribution in [0.4, 0.5) is 0 Å². The second-order valence-corrected chi connectivity index (χ2v) is 5.51. The number of nitrogens with one attached hydrogen (secondary N) is 2. The molecular formula is C12H22N4OS. The molecule has 0 spiro atoms. The third kappa shape index (κ3) is 3.48. The van der Waals surface area contributed by atoms with Gasteiger partial charge >= 0.3 is 0 Å². The minimum atomic E-state index is -0.203. The molecule has 0 aliphatic heterocycles. The average molecular weight is 270 g/mol. The van der Waals surface area contributed by atoms with Crippen LogP contribution in [0.3, 0.4) is 0 Å². The van der Waals surface area contributed by atoms with Crippen LogP contribution in [-0.2, 0) is 6.42 Å². The molecule has 0 saturated heterocycles. The van der Waals surface area contributed by atoms with Gasteiger partial charge in [-0.25, -0.2) is 4.98 Å². The van der Waals surface area contributed by atoms with Gasteiger partial charge in [-0.1, -0.05) is 20.8 Å². The Kier molecular flexibility index (Phi) is 5.65. The van der Waals surface area contributed by atoms with Crippen molar-refractivity contribution in [3.8, 4) is 0 Å². The smallest absolute Gasteiger partial charge is 0.291 e. The van der Waals surface area contributed by atoms with E-state index >= 15 is 0 Å². The lowest BCUT2D eigenvalue weighted by Crippen LogP contribution is -2.40. The van der Waals surface area contributed by atoms with Crippen LogP contribution >= 0.6 is 11.8 Å². The molecular weight excluding hydrogens is 248 g/mol. The van der Waals surface area contributed by atoms with Crippen molar-refractivity contribution in [2.45, 2.75) is 44.8 Å². The second kappa shape index (κ2) is 6.78. The minimum Gasteiger partial charge on any atom is -0.348 e. The largest absolute Gasteiger partial charge is 0.348 e. The number of nitrogens with zero attached hydrogens (tertiary/aromatic N) is 2. The summed E-state index contributed by atoms with van der Waals surface area (Å²) < 4.78 is 0.111. The normalized spacial score (nSPS) is 11.6. The summed E-state index contributed by atoms with van der Waals surface area (Å²) in [6, 6.07) is 0. The van der Waals surface area contributed by atoms with E-state index in [-0.39, 0.29) is 16.5 Å². The zero-order chi connectivity index (χ0) is 13.6. The van der Waals surface area contributed by atoms with Crippen LogP contribution in [0.2, 0.25) is 0 Å². The van der Waals surface area contributed by atoms with E-state index in [1.54, 1.807) is 11.8 Å². The number of H-pyrrole nitrogens is 1. The molecule has 0 atom stereocenters. The van der Waals surface area contributed by atoms with Crippen LogP contribution in [0.1, 0.15) is 50.1 Å². The zero-order valence-corrected chi connectivity index (χ0v) is 12.4. The quantitative estimate of drug-likeness (QED) is 0.795. The van der Waals surface area contributed by atoms with Crippen molar-refractivity contribution in [2.24, 2.45) is 0 Å². The molecule has 0 fully saturated rings. The maximum atomic E-state index is 11.9. The van der Waals surface area contributed by atoms with Crippen molar-refractivity contribution >= 4 is 17.7 Å². The lowest BCUT2D eigenvalue weighted by molar-refractivity contribution is 0.0939. The van der Waals surface area contributed by atoms with E-state index in [4.69, 9.17) is 0 Å². The molecule has 0 aliphatic carbocycles. The number of aromatic amines is 1. The first-order valence-electron chi connectivity index (χ1n) is 6.35. The van der Waals surface area contributed by atoms with Crippen LogP contribution in [0.25, 0.3) is 0 Å². The van der Waals surface area contributed by atoms with Gasteiger partial charge in [0, 0.05) is 17.7 Å². The Morgan fingerprint density at radius 3 is 2.50 bits per heavy atom. The zero-order valence-electron chi connectivity index (χ0n) is 11.5. The SMILES string of the molecule is CCc1nc(C(=O)NCC(CC)(CC)SC)n[nH]1. The van der Waals surface area contributed by atoms with Crippen LogP contribution in [0.5, 0.6) is 0 Å². The number of rotatable bonds is 7. The second-order valence-electron chi connectivity index (χ2n) is 4.24. The number of amides is 1. The molecule has 102 valence electrons. The van der Waals surface area contributed by atoms with Gasteiger partial charge < -0.3 is 5.32 Å². The fraction of sp³-hybridized carbons (Fsp3) is 0.750. The summed E-state index contributed by atoms with van der Waals surface area (Å²) in [5.41, 5.74) is 0. The first-order chi connectivity index (χ1) is 8.60. The number of carbonyl (C=O) groups is 1. The van der Waals surface area contributed by atoms with E-state index in [9.17, 15) is 4.79 Å². The van der Waals surface area contributed by atoms with Gasteiger partial charge in [0.25, 0.3) is 5.91 Å². The monoisotopic (exact) mass is 270 g/mol. The molecule has 0 unspecified atom stereocenters. The number of carbonyl (C=O) groups excluding carboxylic acids is 1. The summed E-state index contributed by atoms with van der Waals surface area (Å²) in [6.45, 7) is 6.91. The molecule has 1 aromatic heterocycles. The number of aromatic nitrogens is 3. The van der Waals surface area contributed by atoms with Gasteiger partial charge in [-0.3, -0.25) is 9.89 Å². The highest BCUT2D eigenvalue weighted by molar-refractivity contribution is 8.00. The lowest BCUT2D eigenvalue weighted by Gasteiger charge is -2.29. The van der Waals surface area contributed by atoms with Gasteiger partial charge in [0.05, 0.1) is 0 Å². The molecule has 5 nitrogen and oxygen atoms in total. The van der Waals surface area contributed by atoms with E-state index in [0.717, 1.165) is 25.1 Å². The Labute approximate surface area is 113 Å². The summed E-state index contributed by atoms with van der Waals surface area (Å²) in [5, 5.41) is 9.58. The first kappa shape index (κ1) is 15.0. The standard InChI is InChI=1S/C12H22N4OS/c1-5-9-14-10(16-15-9)11(17)13-8-12(6-2,7-3)18-4/h5-8H2,1-4H3,(H,13,17)(H,14,15,16). The predicted octanol–water partition coefficient (Wildman–Crippen LogP) is 2.02. The fourth-order valence-corrected chi connectivity index (χ4v) is 2.53. The highest BCUT2D eigenvalue weighted by Gasteiger charge is 2.26. The third-order valence-electron chi connectivity index (χ3n) is 3.36. The van der Waals surface area contributed by atoms with Crippen LogP contribution in [-0.4, -0.2) is 38.6 Å². The minimum absolute atomic E-state index is 0.111. The molecule has 1 aromatic rings. The molecule has 1 heterocycles. The molecule has 0 radical (unpaired) electrons. The van der Waals surface area contributed by atoms with Gasteiger partial charge in [-0.2, -0.15) is 11.8 Å². The fourth-order valence-electron chi connectivity index (χ4n) is 1.74. The van der Waals surface area contributed by atoms with Gasteiger partial charge in [0.2, 0.25) is 5.82 Å². The highest BCUT2D eigenvalue weighted by Crippen LogP contribution is 2.29. The summed E-state index contributed by atoms with van der Waals surface area (Å²) in [4.78, 5) is 16.0. The predicted molar refractivity (Wildman–Crippen MR) is 74.9 cm³/mol. The number of thioether (sulfide) groups is 1. The van der Waals surface area contributed by atoms with Gasteiger partial charge in [0.1, 0.15) is 5.82 Å². The lowest BCUT2D eigenvalue weighted by atomic mass is 10.0. The van der Waals surface area contributed by atoms with Gasteiger partial charge in [-0.15, -0.1) is 5.10 Å². The molecule has 1 amide bonds. The van der Waals surface area contributed by atoms with Crippen molar-refractivity contribution in [3.63, 3.8) is 0 Å². The Bertz CT molecular complexity index is 379. The maximum Gasteiger partial charge on any atom is 0.291 e. The van der Waals surface area contributed by atoms with Crippen molar-refractivity contribution in [1.82, 2.24) is 20.5 Å². The van der Waals surface area contributed by atoms with E-state index in [2.05, 4.69) is 40.6 Å². The molecule has 0 aromatic carbocycles.